The van der Waals surface area contributed by atoms with E-state index in [1.807, 2.05) is 0 Å². The Morgan fingerprint density at radius 3 is 2.29 bits per heavy atom. The molecule has 2 nitrogen and oxygen atoms in total. The Hall–Kier alpha value is -0.960. The molecule has 2 aliphatic rings. The molecule has 1 spiro atoms. The molecule has 1 aliphatic heterocycles. The van der Waals surface area contributed by atoms with Crippen LogP contribution in [-0.4, -0.2) is 13.1 Å². The van der Waals surface area contributed by atoms with Crippen LogP contribution in [0, 0.1) is 11.2 Å². The SMILES string of the molecule is Fc1cc2c(cc1Cl)NCC1(CCCC1)CN2. The Labute approximate surface area is 106 Å². The second-order valence-corrected chi connectivity index (χ2v) is 5.63. The lowest BCUT2D eigenvalue weighted by molar-refractivity contribution is 0.346. The molecule has 0 unspecified atom stereocenters. The molecule has 0 radical (unpaired) electrons. The summed E-state index contributed by atoms with van der Waals surface area (Å²) < 4.78 is 13.4. The second kappa shape index (κ2) is 4.05. The van der Waals surface area contributed by atoms with Gasteiger partial charge in [-0.25, -0.2) is 4.39 Å². The van der Waals surface area contributed by atoms with Crippen LogP contribution in [-0.2, 0) is 0 Å². The van der Waals surface area contributed by atoms with Gasteiger partial charge in [0.2, 0.25) is 0 Å². The van der Waals surface area contributed by atoms with Crippen molar-refractivity contribution in [3.05, 3.63) is 23.0 Å². The van der Waals surface area contributed by atoms with Gasteiger partial charge in [0.15, 0.2) is 0 Å². The van der Waals surface area contributed by atoms with Gasteiger partial charge in [-0.15, -0.1) is 0 Å². The molecule has 1 fully saturated rings. The third-order valence-electron chi connectivity index (χ3n) is 4.03. The number of nitrogens with one attached hydrogen (secondary N) is 2. The van der Waals surface area contributed by atoms with E-state index in [9.17, 15) is 4.39 Å². The predicted molar refractivity (Wildman–Crippen MR) is 69.3 cm³/mol. The normalized spacial score (nSPS) is 21.5. The largest absolute Gasteiger partial charge is 0.383 e. The van der Waals surface area contributed by atoms with Gasteiger partial charge in [-0.1, -0.05) is 24.4 Å². The number of hydrogen-bond donors (Lipinski definition) is 2. The minimum absolute atomic E-state index is 0.181. The number of halogens is 2. The first-order valence-corrected chi connectivity index (χ1v) is 6.53. The van der Waals surface area contributed by atoms with Crippen LogP contribution in [0.25, 0.3) is 0 Å². The maximum Gasteiger partial charge on any atom is 0.143 e. The summed E-state index contributed by atoms with van der Waals surface area (Å²) in [5, 5.41) is 6.96. The molecule has 0 amide bonds. The number of hydrogen-bond acceptors (Lipinski definition) is 2. The highest BCUT2D eigenvalue weighted by molar-refractivity contribution is 6.31. The lowest BCUT2D eigenvalue weighted by Crippen LogP contribution is -2.31. The molecule has 0 saturated heterocycles. The first kappa shape index (κ1) is 11.1. The molecule has 1 heterocycles. The molecule has 3 rings (SSSR count). The van der Waals surface area contributed by atoms with Gasteiger partial charge in [0.05, 0.1) is 16.4 Å². The number of benzene rings is 1. The topological polar surface area (TPSA) is 24.1 Å². The Kier molecular flexibility index (Phi) is 2.66. The van der Waals surface area contributed by atoms with Gasteiger partial charge in [0.1, 0.15) is 5.82 Å². The molecule has 4 heteroatoms. The maximum absolute atomic E-state index is 13.4. The van der Waals surface area contributed by atoms with Crippen molar-refractivity contribution in [2.24, 2.45) is 5.41 Å². The third-order valence-corrected chi connectivity index (χ3v) is 4.32. The molecule has 1 aromatic carbocycles. The van der Waals surface area contributed by atoms with Gasteiger partial charge in [0.25, 0.3) is 0 Å². The molecule has 1 aliphatic carbocycles. The zero-order valence-corrected chi connectivity index (χ0v) is 10.4. The standard InChI is InChI=1S/C13H16ClFN2/c14-9-5-11-12(6-10(9)15)17-8-13(7-16-11)3-1-2-4-13/h5-6,16-17H,1-4,7-8H2. The van der Waals surface area contributed by atoms with E-state index in [1.54, 1.807) is 6.07 Å². The van der Waals surface area contributed by atoms with Crippen molar-refractivity contribution in [1.82, 2.24) is 0 Å². The van der Waals surface area contributed by atoms with Gasteiger partial charge in [-0.2, -0.15) is 0 Å². The molecular formula is C13H16ClFN2. The molecule has 1 saturated carbocycles. The molecule has 0 bridgehead atoms. The summed E-state index contributed by atoms with van der Waals surface area (Å²) >= 11 is 5.81. The third kappa shape index (κ3) is 1.97. The predicted octanol–water partition coefficient (Wildman–Crippen LogP) is 3.88. The molecular weight excluding hydrogens is 239 g/mol. The van der Waals surface area contributed by atoms with E-state index in [2.05, 4.69) is 10.6 Å². The van der Waals surface area contributed by atoms with E-state index in [4.69, 9.17) is 11.6 Å². The first-order chi connectivity index (χ1) is 8.19. The number of anilines is 2. The average Bonchev–Trinajstić information content (AvgIpc) is 2.70. The number of fused-ring (bicyclic) bond motifs is 1. The summed E-state index contributed by atoms with van der Waals surface area (Å²) in [5.41, 5.74) is 2.08. The van der Waals surface area contributed by atoms with Crippen molar-refractivity contribution in [2.75, 3.05) is 23.7 Å². The van der Waals surface area contributed by atoms with E-state index in [0.717, 1.165) is 24.5 Å². The minimum atomic E-state index is -0.359. The highest BCUT2D eigenvalue weighted by Gasteiger charge is 2.35. The van der Waals surface area contributed by atoms with Crippen LogP contribution in [0.3, 0.4) is 0 Å². The van der Waals surface area contributed by atoms with E-state index < -0.39 is 0 Å². The maximum atomic E-state index is 13.4. The van der Waals surface area contributed by atoms with Crippen molar-refractivity contribution in [3.63, 3.8) is 0 Å². The van der Waals surface area contributed by atoms with Crippen LogP contribution >= 0.6 is 11.6 Å². The molecule has 92 valence electrons. The van der Waals surface area contributed by atoms with Crippen LogP contribution in [0.1, 0.15) is 25.7 Å². The second-order valence-electron chi connectivity index (χ2n) is 5.23. The summed E-state index contributed by atoms with van der Waals surface area (Å²) in [7, 11) is 0. The molecule has 0 atom stereocenters. The fraction of sp³-hybridized carbons (Fsp3) is 0.538. The van der Waals surface area contributed by atoms with Crippen molar-refractivity contribution >= 4 is 23.0 Å². The minimum Gasteiger partial charge on any atom is -0.383 e. The van der Waals surface area contributed by atoms with E-state index in [-0.39, 0.29) is 10.8 Å². The van der Waals surface area contributed by atoms with Gasteiger partial charge in [0, 0.05) is 24.6 Å². The smallest absolute Gasteiger partial charge is 0.143 e. The molecule has 1 aromatic rings. The fourth-order valence-electron chi connectivity index (χ4n) is 2.95. The molecule has 0 aromatic heterocycles. The van der Waals surface area contributed by atoms with Gasteiger partial charge >= 0.3 is 0 Å². The summed E-state index contributed by atoms with van der Waals surface area (Å²) in [6.45, 7) is 1.88. The highest BCUT2D eigenvalue weighted by atomic mass is 35.5. The van der Waals surface area contributed by atoms with E-state index >= 15 is 0 Å². The van der Waals surface area contributed by atoms with Crippen molar-refractivity contribution in [1.29, 1.82) is 0 Å². The Balaban J connectivity index is 1.89. The molecule has 17 heavy (non-hydrogen) atoms. The fourth-order valence-corrected chi connectivity index (χ4v) is 3.11. The first-order valence-electron chi connectivity index (χ1n) is 6.15. The van der Waals surface area contributed by atoms with Gasteiger partial charge in [-0.3, -0.25) is 0 Å². The molecule has 2 N–H and O–H groups in total. The average molecular weight is 255 g/mol. The van der Waals surface area contributed by atoms with Crippen molar-refractivity contribution in [3.8, 4) is 0 Å². The Morgan fingerprint density at radius 1 is 1.06 bits per heavy atom. The van der Waals surface area contributed by atoms with E-state index in [0.29, 0.717) is 5.41 Å². The lowest BCUT2D eigenvalue weighted by atomic mass is 9.86. The van der Waals surface area contributed by atoms with Gasteiger partial charge in [-0.05, 0) is 18.9 Å². The Morgan fingerprint density at radius 2 is 1.65 bits per heavy atom. The van der Waals surface area contributed by atoms with Gasteiger partial charge < -0.3 is 10.6 Å². The zero-order chi connectivity index (χ0) is 11.9. The van der Waals surface area contributed by atoms with E-state index in [1.165, 1.54) is 31.7 Å². The lowest BCUT2D eigenvalue weighted by Gasteiger charge is -2.26. The van der Waals surface area contributed by atoms with Crippen LogP contribution in [0.15, 0.2) is 12.1 Å². The summed E-state index contributed by atoms with van der Waals surface area (Å²) in [6, 6.07) is 3.16. The monoisotopic (exact) mass is 254 g/mol. The summed E-state index contributed by atoms with van der Waals surface area (Å²) in [6.07, 6.45) is 5.10. The summed E-state index contributed by atoms with van der Waals surface area (Å²) in [4.78, 5) is 0. The quantitative estimate of drug-likeness (QED) is 0.734. The van der Waals surface area contributed by atoms with Crippen LogP contribution in [0.5, 0.6) is 0 Å². The highest BCUT2D eigenvalue weighted by Crippen LogP contribution is 2.41. The van der Waals surface area contributed by atoms with Crippen LogP contribution in [0.2, 0.25) is 5.02 Å². The zero-order valence-electron chi connectivity index (χ0n) is 9.65. The van der Waals surface area contributed by atoms with Crippen LogP contribution in [0.4, 0.5) is 15.8 Å². The Bertz CT molecular complexity index is 406. The van der Waals surface area contributed by atoms with Crippen molar-refractivity contribution in [2.45, 2.75) is 25.7 Å². The van der Waals surface area contributed by atoms with Crippen molar-refractivity contribution < 1.29 is 4.39 Å². The number of rotatable bonds is 0. The summed E-state index contributed by atoms with van der Waals surface area (Å²) in [5.74, 6) is -0.359. The van der Waals surface area contributed by atoms with Crippen LogP contribution < -0.4 is 10.6 Å².